The molecule has 6 nitrogen and oxygen atoms in total. The third kappa shape index (κ3) is 3.32. The SMILES string of the molecule is Cn1cc(-c2cc(OP)nc(-c3nc(C(F)(F)F)cs3)n2)cn1. The van der Waals surface area contributed by atoms with Crippen molar-refractivity contribution in [1.29, 1.82) is 0 Å². The van der Waals surface area contributed by atoms with E-state index in [-0.39, 0.29) is 16.7 Å². The van der Waals surface area contributed by atoms with Gasteiger partial charge in [-0.15, -0.1) is 11.3 Å². The Morgan fingerprint density at radius 1 is 1.26 bits per heavy atom. The molecule has 0 fully saturated rings. The Kier molecular flexibility index (Phi) is 4.03. The lowest BCUT2D eigenvalue weighted by Crippen LogP contribution is -2.05. The van der Waals surface area contributed by atoms with Crippen molar-refractivity contribution in [3.8, 4) is 28.0 Å². The summed E-state index contributed by atoms with van der Waals surface area (Å²) in [6.45, 7) is 0. The topological polar surface area (TPSA) is 65.7 Å². The van der Waals surface area contributed by atoms with Crippen LogP contribution in [0.15, 0.2) is 23.8 Å². The Labute approximate surface area is 134 Å². The molecule has 0 N–H and O–H groups in total. The fraction of sp³-hybridized carbons (Fsp3) is 0.167. The van der Waals surface area contributed by atoms with Crippen molar-refractivity contribution in [3.63, 3.8) is 0 Å². The molecule has 3 heterocycles. The first-order valence-electron chi connectivity index (χ1n) is 6.15. The van der Waals surface area contributed by atoms with E-state index in [9.17, 15) is 13.2 Å². The van der Waals surface area contributed by atoms with Gasteiger partial charge in [-0.25, -0.2) is 9.97 Å². The highest BCUT2D eigenvalue weighted by molar-refractivity contribution is 7.13. The van der Waals surface area contributed by atoms with Crippen molar-refractivity contribution in [2.24, 2.45) is 7.05 Å². The zero-order chi connectivity index (χ0) is 16.6. The van der Waals surface area contributed by atoms with Crippen LogP contribution < -0.4 is 4.52 Å². The van der Waals surface area contributed by atoms with Gasteiger partial charge in [-0.1, -0.05) is 0 Å². The second kappa shape index (κ2) is 5.86. The highest BCUT2D eigenvalue weighted by Gasteiger charge is 2.34. The molecule has 0 amide bonds. The van der Waals surface area contributed by atoms with Crippen LogP contribution in [0, 0.1) is 0 Å². The van der Waals surface area contributed by atoms with Crippen molar-refractivity contribution < 1.29 is 17.7 Å². The number of hydrogen-bond acceptors (Lipinski definition) is 6. The fourth-order valence-corrected chi connectivity index (χ4v) is 2.67. The van der Waals surface area contributed by atoms with E-state index in [1.165, 1.54) is 0 Å². The molecule has 1 atom stereocenters. The Morgan fingerprint density at radius 2 is 2.04 bits per heavy atom. The minimum atomic E-state index is -4.50. The molecule has 0 aliphatic heterocycles. The van der Waals surface area contributed by atoms with E-state index in [4.69, 9.17) is 4.52 Å². The molecule has 0 aliphatic carbocycles. The second-order valence-electron chi connectivity index (χ2n) is 4.47. The van der Waals surface area contributed by atoms with Crippen LogP contribution in [0.4, 0.5) is 13.2 Å². The van der Waals surface area contributed by atoms with Crippen molar-refractivity contribution in [1.82, 2.24) is 24.7 Å². The minimum absolute atomic E-state index is 0.0595. The van der Waals surface area contributed by atoms with Crippen molar-refractivity contribution in [2.45, 2.75) is 6.18 Å². The first-order chi connectivity index (χ1) is 10.9. The molecular weight excluding hydrogens is 350 g/mol. The van der Waals surface area contributed by atoms with E-state index in [1.54, 1.807) is 30.2 Å². The molecule has 0 bridgehead atoms. The van der Waals surface area contributed by atoms with Crippen LogP contribution in [0.25, 0.3) is 22.1 Å². The van der Waals surface area contributed by atoms with Gasteiger partial charge in [0.15, 0.2) is 16.5 Å². The molecule has 0 spiro atoms. The Balaban J connectivity index is 2.07. The number of aromatic nitrogens is 5. The van der Waals surface area contributed by atoms with E-state index in [0.717, 1.165) is 16.7 Å². The molecule has 0 saturated carbocycles. The van der Waals surface area contributed by atoms with Gasteiger partial charge in [0.05, 0.1) is 21.4 Å². The second-order valence-corrected chi connectivity index (χ2v) is 5.57. The lowest BCUT2D eigenvalue weighted by Gasteiger charge is -2.04. The average Bonchev–Trinajstić information content (AvgIpc) is 3.15. The van der Waals surface area contributed by atoms with Crippen LogP contribution in [0.5, 0.6) is 5.88 Å². The summed E-state index contributed by atoms with van der Waals surface area (Å²) in [5, 5.41) is 5.02. The number of thiazole rings is 1. The molecule has 1 unspecified atom stereocenters. The Bertz CT molecular complexity index is 847. The van der Waals surface area contributed by atoms with Gasteiger partial charge in [-0.2, -0.15) is 23.3 Å². The average molecular weight is 359 g/mol. The standard InChI is InChI=1S/C12H9F3N5OPS/c1-20-4-6(3-16-20)7-2-9(21-22)19-10(17-7)11-18-8(5-23-11)12(13,14)15/h2-5H,22H2,1H3. The summed E-state index contributed by atoms with van der Waals surface area (Å²) < 4.78 is 44.6. The molecule has 3 aromatic rings. The molecule has 0 radical (unpaired) electrons. The van der Waals surface area contributed by atoms with E-state index >= 15 is 0 Å². The van der Waals surface area contributed by atoms with Gasteiger partial charge in [0.2, 0.25) is 5.88 Å². The predicted octanol–water partition coefficient (Wildman–Crippen LogP) is 3.19. The van der Waals surface area contributed by atoms with Gasteiger partial charge in [0, 0.05) is 30.3 Å². The van der Waals surface area contributed by atoms with E-state index in [1.807, 2.05) is 9.47 Å². The first-order valence-corrected chi connectivity index (χ1v) is 7.50. The molecule has 0 saturated heterocycles. The summed E-state index contributed by atoms with van der Waals surface area (Å²) in [6.07, 6.45) is -1.20. The highest BCUT2D eigenvalue weighted by Crippen LogP contribution is 2.33. The summed E-state index contributed by atoms with van der Waals surface area (Å²) in [4.78, 5) is 11.9. The van der Waals surface area contributed by atoms with Crippen LogP contribution in [0.2, 0.25) is 0 Å². The first kappa shape index (κ1) is 15.8. The monoisotopic (exact) mass is 359 g/mol. The summed E-state index contributed by atoms with van der Waals surface area (Å²) in [5.74, 6) is 0.256. The number of aryl methyl sites for hydroxylation is 1. The van der Waals surface area contributed by atoms with Crippen LogP contribution >= 0.6 is 20.8 Å². The van der Waals surface area contributed by atoms with Crippen LogP contribution in [0.1, 0.15) is 5.69 Å². The summed E-state index contributed by atoms with van der Waals surface area (Å²) >= 11 is 0.819. The van der Waals surface area contributed by atoms with Gasteiger partial charge in [0.25, 0.3) is 0 Å². The van der Waals surface area contributed by atoms with Gasteiger partial charge >= 0.3 is 6.18 Å². The number of nitrogens with zero attached hydrogens (tertiary/aromatic N) is 5. The highest BCUT2D eigenvalue weighted by atomic mass is 32.1. The summed E-state index contributed by atoms with van der Waals surface area (Å²) in [5.41, 5.74) is 0.192. The summed E-state index contributed by atoms with van der Waals surface area (Å²) in [7, 11) is 3.78. The maximum absolute atomic E-state index is 12.7. The molecule has 0 aliphatic rings. The van der Waals surface area contributed by atoms with Crippen molar-refractivity contribution in [3.05, 3.63) is 29.5 Å². The Hall–Kier alpha value is -2.06. The Morgan fingerprint density at radius 3 is 2.61 bits per heavy atom. The molecule has 11 heteroatoms. The van der Waals surface area contributed by atoms with Gasteiger partial charge in [-0.05, 0) is 0 Å². The zero-order valence-electron chi connectivity index (χ0n) is 11.6. The molecule has 3 rings (SSSR count). The molecule has 3 aromatic heterocycles. The number of rotatable bonds is 3. The molecular formula is C12H9F3N5OPS. The van der Waals surface area contributed by atoms with E-state index in [2.05, 4.69) is 20.1 Å². The molecule has 23 heavy (non-hydrogen) atoms. The predicted molar refractivity (Wildman–Crippen MR) is 80.7 cm³/mol. The molecule has 120 valence electrons. The van der Waals surface area contributed by atoms with E-state index in [0.29, 0.717) is 11.3 Å². The fourth-order valence-electron chi connectivity index (χ4n) is 1.79. The zero-order valence-corrected chi connectivity index (χ0v) is 13.5. The normalized spacial score (nSPS) is 11.7. The lowest BCUT2D eigenvalue weighted by molar-refractivity contribution is -0.140. The van der Waals surface area contributed by atoms with Crippen molar-refractivity contribution in [2.75, 3.05) is 0 Å². The largest absolute Gasteiger partial charge is 0.463 e. The quantitative estimate of drug-likeness (QED) is 0.672. The van der Waals surface area contributed by atoms with Gasteiger partial charge < -0.3 is 4.52 Å². The number of halogens is 3. The van der Waals surface area contributed by atoms with Crippen molar-refractivity contribution >= 4 is 20.8 Å². The van der Waals surface area contributed by atoms with E-state index < -0.39 is 11.9 Å². The van der Waals surface area contributed by atoms with Crippen LogP contribution in [-0.4, -0.2) is 24.7 Å². The minimum Gasteiger partial charge on any atom is -0.463 e. The number of alkyl halides is 3. The summed E-state index contributed by atoms with van der Waals surface area (Å²) in [6, 6.07) is 1.56. The maximum atomic E-state index is 12.7. The van der Waals surface area contributed by atoms with Crippen LogP contribution in [0.3, 0.4) is 0 Å². The smallest absolute Gasteiger partial charge is 0.434 e. The molecule has 0 aromatic carbocycles. The van der Waals surface area contributed by atoms with Crippen LogP contribution in [-0.2, 0) is 13.2 Å². The third-order valence-corrected chi connectivity index (χ3v) is 3.89. The lowest BCUT2D eigenvalue weighted by atomic mass is 10.2. The maximum Gasteiger partial charge on any atom is 0.434 e. The third-order valence-electron chi connectivity index (χ3n) is 2.81. The van der Waals surface area contributed by atoms with Gasteiger partial charge in [-0.3, -0.25) is 4.68 Å². The number of hydrogen-bond donors (Lipinski definition) is 0. The van der Waals surface area contributed by atoms with Gasteiger partial charge in [0.1, 0.15) is 0 Å².